The number of benzene rings is 2. The molecule has 1 atom stereocenters. The second kappa shape index (κ2) is 9.09. The number of nitrogens with one attached hydrogen (secondary N) is 1. The summed E-state index contributed by atoms with van der Waals surface area (Å²) in [4.78, 5) is 25.9. The maximum Gasteiger partial charge on any atom is 0.340 e. The maximum atomic E-state index is 12.8. The summed E-state index contributed by atoms with van der Waals surface area (Å²) < 4.78 is 5.58. The van der Waals surface area contributed by atoms with E-state index in [1.54, 1.807) is 30.6 Å². The number of anilines is 1. The van der Waals surface area contributed by atoms with E-state index < -0.39 is 11.6 Å². The zero-order chi connectivity index (χ0) is 24.5. The largest absolute Gasteiger partial charge is 0.493 e. The van der Waals surface area contributed by atoms with Crippen LogP contribution in [0, 0.1) is 6.92 Å². The molecule has 4 rings (SSSR count). The van der Waals surface area contributed by atoms with Crippen LogP contribution in [0.3, 0.4) is 0 Å². The number of aromatic hydroxyl groups is 1. The summed E-state index contributed by atoms with van der Waals surface area (Å²) in [6.07, 6.45) is 3.32. The van der Waals surface area contributed by atoms with Crippen molar-refractivity contribution in [3.8, 4) is 17.3 Å². The number of hydrogen-bond acceptors (Lipinski definition) is 7. The van der Waals surface area contributed by atoms with E-state index in [0.717, 1.165) is 16.7 Å². The smallest absolute Gasteiger partial charge is 0.340 e. The zero-order valence-electron chi connectivity index (χ0n) is 20.0. The summed E-state index contributed by atoms with van der Waals surface area (Å²) in [5.41, 5.74) is 3.76. The summed E-state index contributed by atoms with van der Waals surface area (Å²) in [6.45, 7) is 9.48. The first-order chi connectivity index (χ1) is 16.1. The first-order valence-electron chi connectivity index (χ1n) is 11.1. The number of para-hydroxylation sites is 1. The monoisotopic (exact) mass is 456 g/mol. The van der Waals surface area contributed by atoms with Gasteiger partial charge in [-0.1, -0.05) is 18.2 Å². The highest BCUT2D eigenvalue weighted by molar-refractivity contribution is 5.96. The van der Waals surface area contributed by atoms with Crippen molar-refractivity contribution in [3.05, 3.63) is 77.6 Å². The minimum atomic E-state index is -0.597. The van der Waals surface area contributed by atoms with Gasteiger partial charge in [0.05, 0.1) is 22.5 Å². The van der Waals surface area contributed by atoms with Gasteiger partial charge >= 0.3 is 5.97 Å². The van der Waals surface area contributed by atoms with Crippen LogP contribution in [0.25, 0.3) is 22.3 Å². The highest BCUT2D eigenvalue weighted by Gasteiger charge is 2.22. The maximum absolute atomic E-state index is 12.8. The number of rotatable bonds is 5. The lowest BCUT2D eigenvalue weighted by Crippen LogP contribution is -2.24. The van der Waals surface area contributed by atoms with Gasteiger partial charge in [-0.05, 0) is 70.5 Å². The summed E-state index contributed by atoms with van der Waals surface area (Å²) in [5, 5.41) is 14.7. The number of pyridine rings is 1. The summed E-state index contributed by atoms with van der Waals surface area (Å²) in [7, 11) is 0. The van der Waals surface area contributed by atoms with Crippen LogP contribution in [0.1, 0.15) is 55.2 Å². The Hall–Kier alpha value is -4.00. The normalized spacial score (nSPS) is 12.4. The van der Waals surface area contributed by atoms with Crippen molar-refractivity contribution in [1.29, 1.82) is 0 Å². The third kappa shape index (κ3) is 4.98. The molecule has 0 saturated carbocycles. The molecular formula is C27H28N4O3. The molecule has 0 bridgehead atoms. The van der Waals surface area contributed by atoms with Crippen molar-refractivity contribution < 1.29 is 14.6 Å². The molecule has 2 N–H and O–H groups in total. The highest BCUT2D eigenvalue weighted by atomic mass is 16.6. The molecule has 1 unspecified atom stereocenters. The number of aryl methyl sites for hydroxylation is 1. The number of carbonyl (C=O) groups excluding carboxylic acids is 1. The van der Waals surface area contributed by atoms with E-state index in [2.05, 4.69) is 15.3 Å². The lowest BCUT2D eigenvalue weighted by atomic mass is 10.00. The highest BCUT2D eigenvalue weighted by Crippen LogP contribution is 2.33. The van der Waals surface area contributed by atoms with Crippen molar-refractivity contribution in [3.63, 3.8) is 0 Å². The Morgan fingerprint density at radius 3 is 2.47 bits per heavy atom. The number of hydrogen-bond donors (Lipinski definition) is 2. The minimum Gasteiger partial charge on any atom is -0.493 e. The topological polar surface area (TPSA) is 97.2 Å². The first-order valence-corrected chi connectivity index (χ1v) is 11.1. The lowest BCUT2D eigenvalue weighted by Gasteiger charge is -2.23. The SMILES string of the molecule is Cc1cc(C(C)Nc2ccccc2C(=O)OC(C)(C)C)c2nc(-c3ccncc3)nc(O)c2c1. The van der Waals surface area contributed by atoms with Gasteiger partial charge in [-0.25, -0.2) is 9.78 Å². The third-order valence-electron chi connectivity index (χ3n) is 5.28. The Bertz CT molecular complexity index is 1350. The van der Waals surface area contributed by atoms with Crippen LogP contribution in [-0.4, -0.2) is 31.6 Å². The van der Waals surface area contributed by atoms with Crippen molar-refractivity contribution in [2.75, 3.05) is 5.32 Å². The predicted octanol–water partition coefficient (Wildman–Crippen LogP) is 5.83. The number of carbonyl (C=O) groups is 1. The molecule has 4 aromatic rings. The summed E-state index contributed by atoms with van der Waals surface area (Å²) >= 11 is 0. The van der Waals surface area contributed by atoms with Crippen LogP contribution in [0.15, 0.2) is 60.9 Å². The second-order valence-electron chi connectivity index (χ2n) is 9.27. The Kier molecular flexibility index (Phi) is 6.20. The van der Waals surface area contributed by atoms with Gasteiger partial charge in [0.1, 0.15) is 5.60 Å². The fraction of sp³-hybridized carbons (Fsp3) is 0.259. The molecule has 0 fully saturated rings. The Morgan fingerprint density at radius 1 is 1.06 bits per heavy atom. The average molecular weight is 457 g/mol. The fourth-order valence-electron chi connectivity index (χ4n) is 3.78. The average Bonchev–Trinajstić information content (AvgIpc) is 2.78. The molecule has 2 aromatic carbocycles. The third-order valence-corrected chi connectivity index (χ3v) is 5.28. The molecule has 0 saturated heterocycles. The first kappa shape index (κ1) is 23.2. The molecule has 174 valence electrons. The van der Waals surface area contributed by atoms with Crippen molar-refractivity contribution >= 4 is 22.6 Å². The van der Waals surface area contributed by atoms with Gasteiger partial charge in [0.2, 0.25) is 5.88 Å². The Morgan fingerprint density at radius 2 is 1.76 bits per heavy atom. The van der Waals surface area contributed by atoms with E-state index in [1.165, 1.54) is 0 Å². The van der Waals surface area contributed by atoms with Crippen molar-refractivity contribution in [2.24, 2.45) is 0 Å². The predicted molar refractivity (Wildman–Crippen MR) is 133 cm³/mol. The lowest BCUT2D eigenvalue weighted by molar-refractivity contribution is 0.00706. The minimum absolute atomic E-state index is 0.0804. The van der Waals surface area contributed by atoms with Crippen LogP contribution >= 0.6 is 0 Å². The molecule has 0 aliphatic carbocycles. The molecular weight excluding hydrogens is 428 g/mol. The quantitative estimate of drug-likeness (QED) is 0.364. The van der Waals surface area contributed by atoms with Gasteiger partial charge < -0.3 is 15.2 Å². The van der Waals surface area contributed by atoms with Gasteiger partial charge in [0, 0.05) is 29.2 Å². The van der Waals surface area contributed by atoms with Crippen LogP contribution in [0.5, 0.6) is 5.88 Å². The number of aromatic nitrogens is 3. The van der Waals surface area contributed by atoms with Gasteiger partial charge in [-0.2, -0.15) is 4.98 Å². The van der Waals surface area contributed by atoms with Gasteiger partial charge in [0.25, 0.3) is 0 Å². The second-order valence-corrected chi connectivity index (χ2v) is 9.27. The molecule has 7 nitrogen and oxygen atoms in total. The summed E-state index contributed by atoms with van der Waals surface area (Å²) in [5.74, 6) is -0.0566. The molecule has 34 heavy (non-hydrogen) atoms. The van der Waals surface area contributed by atoms with Crippen LogP contribution in [0.4, 0.5) is 5.69 Å². The van der Waals surface area contributed by atoms with Crippen LogP contribution in [0.2, 0.25) is 0 Å². The fourth-order valence-corrected chi connectivity index (χ4v) is 3.78. The van der Waals surface area contributed by atoms with Crippen LogP contribution < -0.4 is 5.32 Å². The number of nitrogens with zero attached hydrogens (tertiary/aromatic N) is 3. The van der Waals surface area contributed by atoms with Crippen LogP contribution in [-0.2, 0) is 4.74 Å². The van der Waals surface area contributed by atoms with Crippen molar-refractivity contribution in [2.45, 2.75) is 46.3 Å². The zero-order valence-corrected chi connectivity index (χ0v) is 20.0. The van der Waals surface area contributed by atoms with Gasteiger partial charge in [-0.15, -0.1) is 0 Å². The Balaban J connectivity index is 1.76. The summed E-state index contributed by atoms with van der Waals surface area (Å²) in [6, 6.07) is 14.5. The Labute approximate surface area is 198 Å². The van der Waals surface area contributed by atoms with Crippen molar-refractivity contribution in [1.82, 2.24) is 15.0 Å². The van der Waals surface area contributed by atoms with Gasteiger partial charge in [-0.3, -0.25) is 4.98 Å². The van der Waals surface area contributed by atoms with E-state index in [9.17, 15) is 9.90 Å². The molecule has 7 heteroatoms. The molecule has 0 aliphatic rings. The number of ether oxygens (including phenoxy) is 1. The van der Waals surface area contributed by atoms with E-state index >= 15 is 0 Å². The molecule has 2 aromatic heterocycles. The number of fused-ring (bicyclic) bond motifs is 1. The standard InChI is InChI=1S/C27H28N4O3/c1-16-14-20(17(2)29-22-9-7-6-8-19(22)26(33)34-27(3,4)5)23-21(15-16)25(32)31-24(30-23)18-10-12-28-13-11-18/h6-15,17,29H,1-5H3,(H,30,31,32). The number of esters is 1. The molecule has 2 heterocycles. The molecule has 0 amide bonds. The van der Waals surface area contributed by atoms with E-state index in [0.29, 0.717) is 28.0 Å². The van der Waals surface area contributed by atoms with E-state index in [-0.39, 0.29) is 11.9 Å². The molecule has 0 aliphatic heterocycles. The molecule has 0 spiro atoms. The molecule has 0 radical (unpaired) electrons. The van der Waals surface area contributed by atoms with E-state index in [4.69, 9.17) is 9.72 Å². The van der Waals surface area contributed by atoms with Gasteiger partial charge in [0.15, 0.2) is 5.82 Å². The van der Waals surface area contributed by atoms with E-state index in [1.807, 2.05) is 65.0 Å².